The number of rotatable bonds is 7. The number of hydrogen-bond acceptors (Lipinski definition) is 2. The van der Waals surface area contributed by atoms with E-state index in [2.05, 4.69) is 102 Å². The van der Waals surface area contributed by atoms with E-state index in [9.17, 15) is 0 Å². The first-order valence-corrected chi connectivity index (χ1v) is 10.9. The van der Waals surface area contributed by atoms with Gasteiger partial charge in [-0.3, -0.25) is 0 Å². The standard InChI is InChI=1S/C28H26N2O/c1-21-9-2-3-11-23(21)20-28-29-26-13-6-7-14-27(26)30(28)17-8-18-31-25-16-15-22-10-4-5-12-24(22)19-25/h2-7,9-16,19H,8,17-18,20H2,1H3. The van der Waals surface area contributed by atoms with Crippen molar-refractivity contribution in [1.29, 1.82) is 0 Å². The molecule has 0 aliphatic heterocycles. The zero-order chi connectivity index (χ0) is 21.0. The minimum atomic E-state index is 0.675. The van der Waals surface area contributed by atoms with Gasteiger partial charge < -0.3 is 9.30 Å². The van der Waals surface area contributed by atoms with Crippen molar-refractivity contribution in [3.63, 3.8) is 0 Å². The van der Waals surface area contributed by atoms with E-state index in [-0.39, 0.29) is 0 Å². The molecule has 0 amide bonds. The van der Waals surface area contributed by atoms with Crippen molar-refractivity contribution < 1.29 is 4.74 Å². The Bertz CT molecular complexity index is 1340. The number of ether oxygens (including phenoxy) is 1. The number of aromatic nitrogens is 2. The minimum Gasteiger partial charge on any atom is -0.494 e. The number of benzene rings is 4. The summed E-state index contributed by atoms with van der Waals surface area (Å²) < 4.78 is 8.42. The first-order valence-electron chi connectivity index (χ1n) is 10.9. The third kappa shape index (κ3) is 4.17. The predicted molar refractivity (Wildman–Crippen MR) is 128 cm³/mol. The smallest absolute Gasteiger partial charge is 0.119 e. The van der Waals surface area contributed by atoms with Crippen molar-refractivity contribution in [3.8, 4) is 5.75 Å². The zero-order valence-electron chi connectivity index (χ0n) is 17.8. The van der Waals surface area contributed by atoms with E-state index in [4.69, 9.17) is 9.72 Å². The molecule has 5 aromatic rings. The van der Waals surface area contributed by atoms with E-state index in [0.29, 0.717) is 6.61 Å². The van der Waals surface area contributed by atoms with Crippen LogP contribution in [0.4, 0.5) is 0 Å². The summed E-state index contributed by atoms with van der Waals surface area (Å²) in [6.45, 7) is 3.73. The van der Waals surface area contributed by atoms with Crippen LogP contribution < -0.4 is 4.74 Å². The highest BCUT2D eigenvalue weighted by Gasteiger charge is 2.12. The van der Waals surface area contributed by atoms with Gasteiger partial charge >= 0.3 is 0 Å². The fourth-order valence-electron chi connectivity index (χ4n) is 4.16. The first kappa shape index (κ1) is 19.4. The van der Waals surface area contributed by atoms with Gasteiger partial charge in [0.2, 0.25) is 0 Å². The van der Waals surface area contributed by atoms with Crippen molar-refractivity contribution in [2.24, 2.45) is 0 Å². The lowest BCUT2D eigenvalue weighted by molar-refractivity contribution is 0.302. The maximum Gasteiger partial charge on any atom is 0.119 e. The van der Waals surface area contributed by atoms with Gasteiger partial charge in [-0.2, -0.15) is 0 Å². The molecule has 5 rings (SSSR count). The van der Waals surface area contributed by atoms with E-state index in [1.54, 1.807) is 0 Å². The fraction of sp³-hybridized carbons (Fsp3) is 0.179. The second kappa shape index (κ2) is 8.65. The monoisotopic (exact) mass is 406 g/mol. The largest absolute Gasteiger partial charge is 0.494 e. The Labute approximate surface area is 182 Å². The number of aryl methyl sites for hydroxylation is 2. The molecule has 0 saturated carbocycles. The summed E-state index contributed by atoms with van der Waals surface area (Å²) in [4.78, 5) is 4.94. The van der Waals surface area contributed by atoms with Crippen molar-refractivity contribution >= 4 is 21.8 Å². The van der Waals surface area contributed by atoms with Gasteiger partial charge in [0.15, 0.2) is 0 Å². The Kier molecular flexibility index (Phi) is 5.40. The summed E-state index contributed by atoms with van der Waals surface area (Å²) >= 11 is 0. The summed E-state index contributed by atoms with van der Waals surface area (Å²) in [5, 5.41) is 2.45. The van der Waals surface area contributed by atoms with Crippen LogP contribution in [0.5, 0.6) is 5.75 Å². The van der Waals surface area contributed by atoms with Gasteiger partial charge in [-0.25, -0.2) is 4.98 Å². The summed E-state index contributed by atoms with van der Waals surface area (Å²) in [5.74, 6) is 2.04. The highest BCUT2D eigenvalue weighted by Crippen LogP contribution is 2.22. The van der Waals surface area contributed by atoms with Crippen LogP contribution in [0, 0.1) is 6.92 Å². The number of imidazole rings is 1. The van der Waals surface area contributed by atoms with Crippen LogP contribution in [0.1, 0.15) is 23.4 Å². The lowest BCUT2D eigenvalue weighted by atomic mass is 10.1. The maximum absolute atomic E-state index is 6.07. The Hall–Kier alpha value is -3.59. The van der Waals surface area contributed by atoms with E-state index < -0.39 is 0 Å². The molecule has 0 N–H and O–H groups in total. The molecule has 3 nitrogen and oxygen atoms in total. The number of nitrogens with zero attached hydrogens (tertiary/aromatic N) is 2. The second-order valence-corrected chi connectivity index (χ2v) is 7.98. The number of fused-ring (bicyclic) bond motifs is 2. The van der Waals surface area contributed by atoms with Gasteiger partial charge in [0, 0.05) is 13.0 Å². The van der Waals surface area contributed by atoms with E-state index in [0.717, 1.165) is 36.5 Å². The highest BCUT2D eigenvalue weighted by molar-refractivity contribution is 5.83. The Balaban J connectivity index is 1.31. The lowest BCUT2D eigenvalue weighted by Gasteiger charge is -2.12. The molecular weight excluding hydrogens is 380 g/mol. The molecule has 1 aromatic heterocycles. The number of para-hydroxylation sites is 2. The number of hydrogen-bond donors (Lipinski definition) is 0. The fourth-order valence-corrected chi connectivity index (χ4v) is 4.16. The van der Waals surface area contributed by atoms with Crippen LogP contribution in [0.2, 0.25) is 0 Å². The second-order valence-electron chi connectivity index (χ2n) is 7.98. The van der Waals surface area contributed by atoms with Gasteiger partial charge in [-0.15, -0.1) is 0 Å². The molecule has 0 bridgehead atoms. The molecule has 3 heteroatoms. The third-order valence-corrected chi connectivity index (χ3v) is 5.86. The summed E-state index contributed by atoms with van der Waals surface area (Å²) in [6.07, 6.45) is 1.76. The molecule has 0 atom stereocenters. The molecule has 0 aliphatic carbocycles. The van der Waals surface area contributed by atoms with Crippen LogP contribution in [0.15, 0.2) is 91.0 Å². The van der Waals surface area contributed by atoms with Gasteiger partial charge in [0.05, 0.1) is 17.6 Å². The van der Waals surface area contributed by atoms with Gasteiger partial charge in [-0.1, -0.05) is 66.7 Å². The van der Waals surface area contributed by atoms with Crippen molar-refractivity contribution in [2.45, 2.75) is 26.3 Å². The molecule has 31 heavy (non-hydrogen) atoms. The SMILES string of the molecule is Cc1ccccc1Cc1nc2ccccc2n1CCCOc1ccc2ccccc2c1. The van der Waals surface area contributed by atoms with Crippen LogP contribution in [-0.4, -0.2) is 16.2 Å². The van der Waals surface area contributed by atoms with Crippen molar-refractivity contribution in [3.05, 3.63) is 108 Å². The third-order valence-electron chi connectivity index (χ3n) is 5.86. The van der Waals surface area contributed by atoms with Crippen LogP contribution in [0.25, 0.3) is 21.8 Å². The van der Waals surface area contributed by atoms with Crippen LogP contribution in [-0.2, 0) is 13.0 Å². The predicted octanol–water partition coefficient (Wildman–Crippen LogP) is 6.56. The van der Waals surface area contributed by atoms with E-state index in [1.165, 1.54) is 27.4 Å². The average Bonchev–Trinajstić information content (AvgIpc) is 3.15. The molecule has 0 radical (unpaired) electrons. The molecule has 4 aromatic carbocycles. The molecule has 0 fully saturated rings. The van der Waals surface area contributed by atoms with E-state index >= 15 is 0 Å². The molecule has 154 valence electrons. The average molecular weight is 407 g/mol. The molecule has 0 spiro atoms. The summed E-state index contributed by atoms with van der Waals surface area (Å²) in [7, 11) is 0. The normalized spacial score (nSPS) is 11.3. The molecule has 0 unspecified atom stereocenters. The Morgan fingerprint density at radius 2 is 1.58 bits per heavy atom. The Morgan fingerprint density at radius 3 is 2.48 bits per heavy atom. The lowest BCUT2D eigenvalue weighted by Crippen LogP contribution is -2.09. The minimum absolute atomic E-state index is 0.675. The maximum atomic E-state index is 6.07. The molecule has 1 heterocycles. The van der Waals surface area contributed by atoms with Crippen LogP contribution in [0.3, 0.4) is 0 Å². The topological polar surface area (TPSA) is 27.1 Å². The molecular formula is C28H26N2O. The highest BCUT2D eigenvalue weighted by atomic mass is 16.5. The summed E-state index contributed by atoms with van der Waals surface area (Å²) in [5.41, 5.74) is 4.88. The van der Waals surface area contributed by atoms with Crippen LogP contribution >= 0.6 is 0 Å². The van der Waals surface area contributed by atoms with Crippen molar-refractivity contribution in [2.75, 3.05) is 6.61 Å². The summed E-state index contributed by atoms with van der Waals surface area (Å²) in [6, 6.07) is 31.6. The van der Waals surface area contributed by atoms with Crippen molar-refractivity contribution in [1.82, 2.24) is 9.55 Å². The first-order chi connectivity index (χ1) is 15.3. The molecule has 0 saturated heterocycles. The Morgan fingerprint density at radius 1 is 0.806 bits per heavy atom. The zero-order valence-corrected chi connectivity index (χ0v) is 17.8. The van der Waals surface area contributed by atoms with Gasteiger partial charge in [0.25, 0.3) is 0 Å². The molecule has 0 aliphatic rings. The van der Waals surface area contributed by atoms with Gasteiger partial charge in [0.1, 0.15) is 11.6 Å². The quantitative estimate of drug-likeness (QED) is 0.286. The van der Waals surface area contributed by atoms with Gasteiger partial charge in [-0.05, 0) is 59.5 Å². The van der Waals surface area contributed by atoms with E-state index in [1.807, 2.05) is 0 Å².